The summed E-state index contributed by atoms with van der Waals surface area (Å²) in [5, 5.41) is 0. The zero-order valence-electron chi connectivity index (χ0n) is 8.46. The number of carbonyl (C=O) groups is 1. The van der Waals surface area contributed by atoms with Crippen LogP contribution in [0.1, 0.15) is 13.3 Å². The van der Waals surface area contributed by atoms with E-state index in [4.69, 9.17) is 0 Å². The summed E-state index contributed by atoms with van der Waals surface area (Å²) in [4.78, 5) is 12.9. The largest absolute Gasteiger partial charge is 0.374 e. The number of hydrogen-bond donors (Lipinski definition) is 0. The molecule has 1 aromatic rings. The molecule has 0 aliphatic rings. The fraction of sp³-hybridized carbons (Fsp3) is 0.364. The molecule has 0 saturated heterocycles. The Bertz CT molecular complexity index is 308. The summed E-state index contributed by atoms with van der Waals surface area (Å²) in [6, 6.07) is 8.06. The van der Waals surface area contributed by atoms with Crippen LogP contribution in [-0.4, -0.2) is 19.4 Å². The molecule has 0 aliphatic heterocycles. The summed E-state index contributed by atoms with van der Waals surface area (Å²) in [6.07, 6.45) is 0.604. The van der Waals surface area contributed by atoms with E-state index in [0.717, 1.165) is 16.7 Å². The lowest BCUT2D eigenvalue weighted by atomic mass is 10.2. The topological polar surface area (TPSA) is 20.3 Å². The predicted molar refractivity (Wildman–Crippen MR) is 62.7 cm³/mol. The van der Waals surface area contributed by atoms with Crippen LogP contribution in [0.3, 0.4) is 0 Å². The SMILES string of the molecule is CC(=O)CCN(C)c1ccc(Br)cc1. The minimum absolute atomic E-state index is 0.231. The third-order valence-electron chi connectivity index (χ3n) is 2.07. The minimum Gasteiger partial charge on any atom is -0.374 e. The average molecular weight is 256 g/mol. The summed E-state index contributed by atoms with van der Waals surface area (Å²) in [6.45, 7) is 2.40. The molecule has 0 unspecified atom stereocenters. The molecule has 1 aromatic carbocycles. The van der Waals surface area contributed by atoms with E-state index < -0.39 is 0 Å². The van der Waals surface area contributed by atoms with Crippen LogP contribution < -0.4 is 4.90 Å². The van der Waals surface area contributed by atoms with Crippen molar-refractivity contribution in [2.75, 3.05) is 18.5 Å². The van der Waals surface area contributed by atoms with Gasteiger partial charge in [-0.3, -0.25) is 4.79 Å². The maximum atomic E-state index is 10.8. The highest BCUT2D eigenvalue weighted by Crippen LogP contribution is 2.17. The maximum absolute atomic E-state index is 10.8. The van der Waals surface area contributed by atoms with Crippen molar-refractivity contribution in [2.24, 2.45) is 0 Å². The van der Waals surface area contributed by atoms with E-state index in [2.05, 4.69) is 20.8 Å². The van der Waals surface area contributed by atoms with Crippen molar-refractivity contribution in [1.29, 1.82) is 0 Å². The summed E-state index contributed by atoms with van der Waals surface area (Å²) in [7, 11) is 1.99. The number of hydrogen-bond acceptors (Lipinski definition) is 2. The van der Waals surface area contributed by atoms with Crippen LogP contribution in [0.5, 0.6) is 0 Å². The second-order valence-electron chi connectivity index (χ2n) is 3.35. The first-order chi connectivity index (χ1) is 6.59. The zero-order valence-corrected chi connectivity index (χ0v) is 10.0. The first kappa shape index (κ1) is 11.2. The highest BCUT2D eigenvalue weighted by atomic mass is 79.9. The molecule has 0 aromatic heterocycles. The third kappa shape index (κ3) is 3.50. The van der Waals surface area contributed by atoms with Crippen LogP contribution in [-0.2, 0) is 4.79 Å². The quantitative estimate of drug-likeness (QED) is 0.825. The van der Waals surface area contributed by atoms with Gasteiger partial charge in [0.25, 0.3) is 0 Å². The lowest BCUT2D eigenvalue weighted by molar-refractivity contribution is -0.116. The molecule has 0 amide bonds. The van der Waals surface area contributed by atoms with Gasteiger partial charge in [-0.1, -0.05) is 15.9 Å². The number of ketones is 1. The Balaban J connectivity index is 2.56. The minimum atomic E-state index is 0.231. The standard InChI is InChI=1S/C11H14BrNO/c1-9(14)7-8-13(2)11-5-3-10(12)4-6-11/h3-6H,7-8H2,1-2H3. The fourth-order valence-electron chi connectivity index (χ4n) is 1.15. The molecule has 2 nitrogen and oxygen atoms in total. The van der Waals surface area contributed by atoms with Gasteiger partial charge in [-0.2, -0.15) is 0 Å². The molecule has 0 fully saturated rings. The van der Waals surface area contributed by atoms with Gasteiger partial charge < -0.3 is 4.90 Å². The van der Waals surface area contributed by atoms with Gasteiger partial charge in [0, 0.05) is 30.2 Å². The Hall–Kier alpha value is -0.830. The number of halogens is 1. The number of anilines is 1. The van der Waals surface area contributed by atoms with Gasteiger partial charge in [0.15, 0.2) is 0 Å². The van der Waals surface area contributed by atoms with Crippen LogP contribution in [0.25, 0.3) is 0 Å². The van der Waals surface area contributed by atoms with E-state index in [1.54, 1.807) is 6.92 Å². The Labute approximate surface area is 93.0 Å². The second kappa shape index (κ2) is 5.15. The van der Waals surface area contributed by atoms with Gasteiger partial charge in [-0.05, 0) is 31.2 Å². The normalized spacial score (nSPS) is 9.93. The van der Waals surface area contributed by atoms with E-state index in [9.17, 15) is 4.79 Å². The molecule has 14 heavy (non-hydrogen) atoms. The predicted octanol–water partition coefficient (Wildman–Crippen LogP) is 2.86. The summed E-state index contributed by atoms with van der Waals surface area (Å²) in [5.74, 6) is 0.231. The van der Waals surface area contributed by atoms with Crippen LogP contribution in [0.2, 0.25) is 0 Å². The third-order valence-corrected chi connectivity index (χ3v) is 2.60. The Morgan fingerprint density at radius 3 is 2.43 bits per heavy atom. The molecule has 76 valence electrons. The van der Waals surface area contributed by atoms with Crippen LogP contribution in [0, 0.1) is 0 Å². The van der Waals surface area contributed by atoms with Crippen molar-refractivity contribution in [1.82, 2.24) is 0 Å². The lowest BCUT2D eigenvalue weighted by Gasteiger charge is -2.18. The first-order valence-corrected chi connectivity index (χ1v) is 5.35. The molecular formula is C11H14BrNO. The second-order valence-corrected chi connectivity index (χ2v) is 4.27. The highest BCUT2D eigenvalue weighted by Gasteiger charge is 2.01. The van der Waals surface area contributed by atoms with Gasteiger partial charge in [0.2, 0.25) is 0 Å². The van der Waals surface area contributed by atoms with Crippen molar-refractivity contribution in [3.05, 3.63) is 28.7 Å². The van der Waals surface area contributed by atoms with Gasteiger partial charge in [-0.15, -0.1) is 0 Å². The molecule has 0 spiro atoms. The summed E-state index contributed by atoms with van der Waals surface area (Å²) in [5.41, 5.74) is 1.13. The molecule has 0 bridgehead atoms. The molecule has 0 aliphatic carbocycles. The van der Waals surface area contributed by atoms with Crippen LogP contribution >= 0.6 is 15.9 Å². The van der Waals surface area contributed by atoms with E-state index in [0.29, 0.717) is 6.42 Å². The molecule has 0 saturated carbocycles. The van der Waals surface area contributed by atoms with Gasteiger partial charge in [0.1, 0.15) is 5.78 Å². The van der Waals surface area contributed by atoms with E-state index >= 15 is 0 Å². The monoisotopic (exact) mass is 255 g/mol. The molecule has 0 heterocycles. The van der Waals surface area contributed by atoms with Crippen molar-refractivity contribution in [3.63, 3.8) is 0 Å². The number of carbonyl (C=O) groups excluding carboxylic acids is 1. The average Bonchev–Trinajstić information content (AvgIpc) is 2.15. The fourth-order valence-corrected chi connectivity index (χ4v) is 1.41. The lowest BCUT2D eigenvalue weighted by Crippen LogP contribution is -2.20. The number of rotatable bonds is 4. The van der Waals surface area contributed by atoms with Crippen molar-refractivity contribution >= 4 is 27.4 Å². The molecule has 3 heteroatoms. The number of benzene rings is 1. The van der Waals surface area contributed by atoms with Crippen molar-refractivity contribution < 1.29 is 4.79 Å². The van der Waals surface area contributed by atoms with Crippen LogP contribution in [0.15, 0.2) is 28.7 Å². The Morgan fingerprint density at radius 1 is 1.36 bits per heavy atom. The highest BCUT2D eigenvalue weighted by molar-refractivity contribution is 9.10. The zero-order chi connectivity index (χ0) is 10.6. The van der Waals surface area contributed by atoms with E-state index in [1.807, 2.05) is 31.3 Å². The smallest absolute Gasteiger partial charge is 0.131 e. The first-order valence-electron chi connectivity index (χ1n) is 4.56. The number of Topliss-reactive ketones (excluding diaryl/α,β-unsaturated/α-hetero) is 1. The molecule has 0 atom stereocenters. The molecule has 0 N–H and O–H groups in total. The molecule has 1 rings (SSSR count). The van der Waals surface area contributed by atoms with Crippen molar-refractivity contribution in [2.45, 2.75) is 13.3 Å². The van der Waals surface area contributed by atoms with Gasteiger partial charge in [0.05, 0.1) is 0 Å². The Morgan fingerprint density at radius 2 is 1.93 bits per heavy atom. The summed E-state index contributed by atoms with van der Waals surface area (Å²) >= 11 is 3.38. The van der Waals surface area contributed by atoms with Crippen LogP contribution in [0.4, 0.5) is 5.69 Å². The Kier molecular flexibility index (Phi) is 4.14. The van der Waals surface area contributed by atoms with Gasteiger partial charge in [-0.25, -0.2) is 0 Å². The molecular weight excluding hydrogens is 242 g/mol. The number of nitrogens with zero attached hydrogens (tertiary/aromatic N) is 1. The van der Waals surface area contributed by atoms with E-state index in [-0.39, 0.29) is 5.78 Å². The van der Waals surface area contributed by atoms with E-state index in [1.165, 1.54) is 0 Å². The molecule has 0 radical (unpaired) electrons. The summed E-state index contributed by atoms with van der Waals surface area (Å²) < 4.78 is 1.07. The van der Waals surface area contributed by atoms with Crippen molar-refractivity contribution in [3.8, 4) is 0 Å². The maximum Gasteiger partial charge on any atom is 0.131 e. The van der Waals surface area contributed by atoms with Gasteiger partial charge >= 0.3 is 0 Å².